The lowest BCUT2D eigenvalue weighted by Gasteiger charge is -2.09. The zero-order chi connectivity index (χ0) is 15.6. The largest absolute Gasteiger partial charge is 0.326 e. The summed E-state index contributed by atoms with van der Waals surface area (Å²) in [6, 6.07) is 4.98. The van der Waals surface area contributed by atoms with E-state index in [1.807, 2.05) is 20.9 Å². The maximum Gasteiger partial charge on any atom is 0.240 e. The smallest absolute Gasteiger partial charge is 0.240 e. The molecule has 6 nitrogen and oxygen atoms in total. The van der Waals surface area contributed by atoms with Crippen molar-refractivity contribution in [2.24, 2.45) is 12.8 Å². The van der Waals surface area contributed by atoms with Crippen molar-refractivity contribution in [1.29, 1.82) is 0 Å². The highest BCUT2D eigenvalue weighted by atomic mass is 32.2. The van der Waals surface area contributed by atoms with Crippen molar-refractivity contribution >= 4 is 10.0 Å². The van der Waals surface area contributed by atoms with E-state index in [4.69, 9.17) is 5.73 Å². The maximum absolute atomic E-state index is 12.3. The second-order valence-electron chi connectivity index (χ2n) is 5.00. The predicted molar refractivity (Wildman–Crippen MR) is 81.0 cm³/mol. The summed E-state index contributed by atoms with van der Waals surface area (Å²) >= 11 is 0. The van der Waals surface area contributed by atoms with Gasteiger partial charge in [-0.25, -0.2) is 13.1 Å². The summed E-state index contributed by atoms with van der Waals surface area (Å²) in [6.45, 7) is 4.34. The fraction of sp³-hybridized carbons (Fsp3) is 0.357. The van der Waals surface area contributed by atoms with E-state index in [0.717, 1.165) is 22.4 Å². The van der Waals surface area contributed by atoms with Crippen molar-refractivity contribution in [3.05, 3.63) is 46.8 Å². The lowest BCUT2D eigenvalue weighted by atomic mass is 10.1. The first-order valence-corrected chi connectivity index (χ1v) is 8.10. The number of hydrogen-bond donors (Lipinski definition) is 2. The molecule has 21 heavy (non-hydrogen) atoms. The molecule has 0 saturated carbocycles. The van der Waals surface area contributed by atoms with Crippen LogP contribution in [0.5, 0.6) is 0 Å². The molecule has 0 aliphatic carbocycles. The van der Waals surface area contributed by atoms with Gasteiger partial charge in [0.25, 0.3) is 0 Å². The Hall–Kier alpha value is -1.70. The Labute approximate surface area is 125 Å². The second-order valence-corrected chi connectivity index (χ2v) is 6.76. The van der Waals surface area contributed by atoms with E-state index in [1.165, 1.54) is 0 Å². The van der Waals surface area contributed by atoms with E-state index in [0.29, 0.717) is 6.54 Å². The van der Waals surface area contributed by atoms with Crippen LogP contribution in [0.3, 0.4) is 0 Å². The zero-order valence-corrected chi connectivity index (χ0v) is 13.2. The van der Waals surface area contributed by atoms with Gasteiger partial charge in [0.1, 0.15) is 0 Å². The van der Waals surface area contributed by atoms with Crippen molar-refractivity contribution in [1.82, 2.24) is 14.5 Å². The highest BCUT2D eigenvalue weighted by Crippen LogP contribution is 2.16. The van der Waals surface area contributed by atoms with Gasteiger partial charge in [-0.3, -0.25) is 4.68 Å². The SMILES string of the molecule is Cc1ccc(S(=O)(=O)NCc2cnn(C)c2C)cc1CN. The third kappa shape index (κ3) is 3.31. The Balaban J connectivity index is 2.20. The number of benzene rings is 1. The number of nitrogens with two attached hydrogens (primary N) is 1. The Kier molecular flexibility index (Phi) is 4.46. The molecule has 3 N–H and O–H groups in total. The second kappa shape index (κ2) is 5.97. The van der Waals surface area contributed by atoms with Gasteiger partial charge in [0.15, 0.2) is 0 Å². The van der Waals surface area contributed by atoms with Gasteiger partial charge in [-0.2, -0.15) is 5.10 Å². The standard InChI is InChI=1S/C14H20N4O2S/c1-10-4-5-14(6-12(10)7-15)21(19,20)17-9-13-8-16-18(3)11(13)2/h4-6,8,17H,7,9,15H2,1-3H3. The van der Waals surface area contributed by atoms with Crippen LogP contribution < -0.4 is 10.5 Å². The van der Waals surface area contributed by atoms with Crippen LogP contribution in [0.25, 0.3) is 0 Å². The van der Waals surface area contributed by atoms with Crippen LogP contribution in [0.1, 0.15) is 22.4 Å². The van der Waals surface area contributed by atoms with Gasteiger partial charge in [0.2, 0.25) is 10.0 Å². The number of rotatable bonds is 5. The average Bonchev–Trinajstić information content (AvgIpc) is 2.77. The molecule has 1 aromatic heterocycles. The number of sulfonamides is 1. The minimum Gasteiger partial charge on any atom is -0.326 e. The summed E-state index contributed by atoms with van der Waals surface area (Å²) in [5.41, 5.74) is 9.23. The molecule has 0 radical (unpaired) electrons. The molecule has 0 unspecified atom stereocenters. The van der Waals surface area contributed by atoms with E-state index in [9.17, 15) is 8.42 Å². The van der Waals surface area contributed by atoms with Gasteiger partial charge in [-0.1, -0.05) is 6.07 Å². The molecule has 7 heteroatoms. The van der Waals surface area contributed by atoms with Gasteiger partial charge in [0.05, 0.1) is 11.1 Å². The topological polar surface area (TPSA) is 90.0 Å². The highest BCUT2D eigenvalue weighted by molar-refractivity contribution is 7.89. The van der Waals surface area contributed by atoms with E-state index < -0.39 is 10.0 Å². The van der Waals surface area contributed by atoms with Crippen LogP contribution in [0.15, 0.2) is 29.3 Å². The van der Waals surface area contributed by atoms with Crippen molar-refractivity contribution in [3.63, 3.8) is 0 Å². The van der Waals surface area contributed by atoms with E-state index in [-0.39, 0.29) is 11.4 Å². The molecule has 0 bridgehead atoms. The summed E-state index contributed by atoms with van der Waals surface area (Å²) < 4.78 is 29.0. The van der Waals surface area contributed by atoms with Crippen LogP contribution >= 0.6 is 0 Å². The number of hydrogen-bond acceptors (Lipinski definition) is 4. The molecule has 0 amide bonds. The molecular formula is C14H20N4O2S. The minimum absolute atomic E-state index is 0.216. The lowest BCUT2D eigenvalue weighted by molar-refractivity contribution is 0.581. The molecule has 1 aromatic carbocycles. The monoisotopic (exact) mass is 308 g/mol. The zero-order valence-electron chi connectivity index (χ0n) is 12.4. The number of nitrogens with zero attached hydrogens (tertiary/aromatic N) is 2. The normalized spacial score (nSPS) is 11.8. The number of nitrogens with one attached hydrogen (secondary N) is 1. The first kappa shape index (κ1) is 15.7. The molecular weight excluding hydrogens is 288 g/mol. The summed E-state index contributed by atoms with van der Waals surface area (Å²) in [5.74, 6) is 0. The highest BCUT2D eigenvalue weighted by Gasteiger charge is 2.16. The van der Waals surface area contributed by atoms with Crippen LogP contribution in [-0.2, 0) is 30.2 Å². The average molecular weight is 308 g/mol. The van der Waals surface area contributed by atoms with Crippen LogP contribution in [-0.4, -0.2) is 18.2 Å². The summed E-state index contributed by atoms with van der Waals surface area (Å²) in [6.07, 6.45) is 1.66. The third-order valence-corrected chi connectivity index (χ3v) is 5.04. The molecule has 0 spiro atoms. The van der Waals surface area contributed by atoms with Crippen molar-refractivity contribution < 1.29 is 8.42 Å². The molecule has 0 fully saturated rings. The maximum atomic E-state index is 12.3. The summed E-state index contributed by atoms with van der Waals surface area (Å²) in [7, 11) is -1.74. The Morgan fingerprint density at radius 2 is 2.00 bits per heavy atom. The van der Waals surface area contributed by atoms with E-state index >= 15 is 0 Å². The first-order valence-electron chi connectivity index (χ1n) is 6.62. The molecule has 2 rings (SSSR count). The van der Waals surface area contributed by atoms with Crippen LogP contribution in [0, 0.1) is 13.8 Å². The predicted octanol–water partition coefficient (Wildman–Crippen LogP) is 0.974. The Bertz CT molecular complexity index is 750. The molecule has 2 aromatic rings. The molecule has 0 aliphatic heterocycles. The summed E-state index contributed by atoms with van der Waals surface area (Å²) in [5, 5.41) is 4.09. The molecule has 0 atom stereocenters. The van der Waals surface area contributed by atoms with Crippen LogP contribution in [0.2, 0.25) is 0 Å². The molecule has 0 saturated heterocycles. The van der Waals surface area contributed by atoms with Gasteiger partial charge < -0.3 is 5.73 Å². The quantitative estimate of drug-likeness (QED) is 0.861. The Morgan fingerprint density at radius 3 is 2.57 bits per heavy atom. The van der Waals surface area contributed by atoms with E-state index in [2.05, 4.69) is 9.82 Å². The molecule has 1 heterocycles. The van der Waals surface area contributed by atoms with Crippen LogP contribution in [0.4, 0.5) is 0 Å². The van der Waals surface area contributed by atoms with Crippen molar-refractivity contribution in [2.45, 2.75) is 31.8 Å². The minimum atomic E-state index is -3.56. The van der Waals surface area contributed by atoms with Gasteiger partial charge in [-0.05, 0) is 37.1 Å². The van der Waals surface area contributed by atoms with Crippen molar-refractivity contribution in [2.75, 3.05) is 0 Å². The first-order chi connectivity index (χ1) is 9.85. The fourth-order valence-electron chi connectivity index (χ4n) is 2.01. The van der Waals surface area contributed by atoms with E-state index in [1.54, 1.807) is 29.1 Å². The van der Waals surface area contributed by atoms with Crippen molar-refractivity contribution in [3.8, 4) is 0 Å². The molecule has 114 valence electrons. The van der Waals surface area contributed by atoms with Gasteiger partial charge in [-0.15, -0.1) is 0 Å². The third-order valence-electron chi connectivity index (χ3n) is 3.64. The Morgan fingerprint density at radius 1 is 1.29 bits per heavy atom. The summed E-state index contributed by atoms with van der Waals surface area (Å²) in [4.78, 5) is 0.232. The van der Waals surface area contributed by atoms with Gasteiger partial charge in [0, 0.05) is 31.4 Å². The number of aromatic nitrogens is 2. The van der Waals surface area contributed by atoms with Gasteiger partial charge >= 0.3 is 0 Å². The lowest BCUT2D eigenvalue weighted by Crippen LogP contribution is -2.23. The molecule has 0 aliphatic rings. The number of aryl methyl sites for hydroxylation is 2. The fourth-order valence-corrected chi connectivity index (χ4v) is 3.07.